The highest BCUT2D eigenvalue weighted by atomic mass is 14.7. The molecule has 0 aromatic heterocycles. The minimum absolute atomic E-state index is 0.686. The Labute approximate surface area is 111 Å². The summed E-state index contributed by atoms with van der Waals surface area (Å²) in [5.41, 5.74) is 4.94. The minimum atomic E-state index is 0.686. The van der Waals surface area contributed by atoms with Gasteiger partial charge in [-0.1, -0.05) is 56.5 Å². The van der Waals surface area contributed by atoms with E-state index in [2.05, 4.69) is 51.4 Å². The zero-order valence-corrected chi connectivity index (χ0v) is 11.8. The molecule has 0 rings (SSSR count). The highest BCUT2D eigenvalue weighted by Gasteiger charge is 1.97. The normalized spacial score (nSPS) is 13.2. The van der Waals surface area contributed by atoms with Crippen LogP contribution in [0, 0.1) is 0 Å². The van der Waals surface area contributed by atoms with E-state index in [1.807, 2.05) is 19.1 Å². The number of hydrogen-bond acceptors (Lipinski definition) is 1. The molecule has 0 saturated carbocycles. The van der Waals surface area contributed by atoms with Crippen LogP contribution in [-0.2, 0) is 0 Å². The molecule has 0 fully saturated rings. The molecule has 0 spiro atoms. The molecule has 0 aliphatic heterocycles. The van der Waals surface area contributed by atoms with Crippen LogP contribution in [0.4, 0.5) is 0 Å². The summed E-state index contributed by atoms with van der Waals surface area (Å²) in [6, 6.07) is 0. The lowest BCUT2D eigenvalue weighted by Crippen LogP contribution is -1.84. The molecule has 18 heavy (non-hydrogen) atoms. The van der Waals surface area contributed by atoms with Gasteiger partial charge in [0.1, 0.15) is 0 Å². The lowest BCUT2D eigenvalue weighted by atomic mass is 10.0. The van der Waals surface area contributed by atoms with E-state index in [0.717, 1.165) is 23.1 Å². The molecular formula is C17H23N. The molecule has 0 heterocycles. The molecule has 0 aromatic carbocycles. The van der Waals surface area contributed by atoms with Gasteiger partial charge in [0, 0.05) is 0 Å². The predicted octanol–water partition coefficient (Wildman–Crippen LogP) is 5.17. The SMILES string of the molecule is C=CC(=C)C(/C=C(/C)CC)=C/C=C(\C)C(=C)N=C. The molecule has 0 aromatic rings. The lowest BCUT2D eigenvalue weighted by Gasteiger charge is -2.04. The first-order chi connectivity index (χ1) is 8.46. The first-order valence-electron chi connectivity index (χ1n) is 5.99. The first-order valence-corrected chi connectivity index (χ1v) is 5.99. The number of nitrogens with zero attached hydrogens (tertiary/aromatic N) is 1. The average Bonchev–Trinajstić information content (AvgIpc) is 2.40. The third-order valence-corrected chi connectivity index (χ3v) is 2.74. The summed E-state index contributed by atoms with van der Waals surface area (Å²) in [4.78, 5) is 3.81. The fourth-order valence-corrected chi connectivity index (χ4v) is 1.17. The minimum Gasteiger partial charge on any atom is -0.265 e. The van der Waals surface area contributed by atoms with Gasteiger partial charge in [0.05, 0.1) is 5.70 Å². The maximum absolute atomic E-state index is 3.99. The van der Waals surface area contributed by atoms with Crippen molar-refractivity contribution in [2.24, 2.45) is 4.99 Å². The van der Waals surface area contributed by atoms with E-state index >= 15 is 0 Å². The second kappa shape index (κ2) is 8.24. The first kappa shape index (κ1) is 16.1. The van der Waals surface area contributed by atoms with Gasteiger partial charge >= 0.3 is 0 Å². The van der Waals surface area contributed by atoms with Gasteiger partial charge in [-0.05, 0) is 43.7 Å². The molecule has 0 atom stereocenters. The molecule has 0 saturated heterocycles. The molecule has 0 unspecified atom stereocenters. The summed E-state index contributed by atoms with van der Waals surface area (Å²) in [6.45, 7) is 21.2. The smallest absolute Gasteiger partial charge is 0.0579 e. The second-order valence-corrected chi connectivity index (χ2v) is 4.15. The van der Waals surface area contributed by atoms with Crippen LogP contribution in [0.5, 0.6) is 0 Å². The summed E-state index contributed by atoms with van der Waals surface area (Å²) >= 11 is 0. The van der Waals surface area contributed by atoms with E-state index < -0.39 is 0 Å². The van der Waals surface area contributed by atoms with Crippen molar-refractivity contribution in [1.82, 2.24) is 0 Å². The highest BCUT2D eigenvalue weighted by molar-refractivity contribution is 5.48. The zero-order valence-electron chi connectivity index (χ0n) is 11.8. The number of allylic oxidation sites excluding steroid dienone is 8. The zero-order chi connectivity index (χ0) is 14.1. The number of rotatable bonds is 7. The van der Waals surface area contributed by atoms with Crippen LogP contribution in [0.3, 0.4) is 0 Å². The van der Waals surface area contributed by atoms with E-state index in [9.17, 15) is 0 Å². The van der Waals surface area contributed by atoms with Crippen LogP contribution < -0.4 is 0 Å². The summed E-state index contributed by atoms with van der Waals surface area (Å²) in [7, 11) is 0. The topological polar surface area (TPSA) is 12.4 Å². The number of aliphatic imine (C=N–C) groups is 1. The molecule has 0 bridgehead atoms. The van der Waals surface area contributed by atoms with Gasteiger partial charge in [-0.15, -0.1) is 0 Å². The monoisotopic (exact) mass is 241 g/mol. The fourth-order valence-electron chi connectivity index (χ4n) is 1.17. The Hall–Kier alpha value is -1.89. The van der Waals surface area contributed by atoms with E-state index in [-0.39, 0.29) is 0 Å². The Morgan fingerprint density at radius 2 is 1.78 bits per heavy atom. The van der Waals surface area contributed by atoms with Gasteiger partial charge in [-0.2, -0.15) is 0 Å². The van der Waals surface area contributed by atoms with Gasteiger partial charge in [0.2, 0.25) is 0 Å². The van der Waals surface area contributed by atoms with Crippen molar-refractivity contribution in [2.75, 3.05) is 0 Å². The summed E-state index contributed by atoms with van der Waals surface area (Å²) in [5, 5.41) is 0. The molecule has 1 nitrogen and oxygen atoms in total. The standard InChI is InChI=1S/C17H23N/c1-8-13(3)12-17(14(4)9-2)11-10-15(5)16(6)18-7/h9-12H,2,4,6-8H2,1,3,5H3/b13-12-,15-10+,17-11+. The van der Waals surface area contributed by atoms with Gasteiger partial charge in [-0.25, -0.2) is 0 Å². The Bertz CT molecular complexity index is 442. The third-order valence-electron chi connectivity index (χ3n) is 2.74. The Morgan fingerprint density at radius 1 is 1.17 bits per heavy atom. The van der Waals surface area contributed by atoms with Crippen LogP contribution >= 0.6 is 0 Å². The van der Waals surface area contributed by atoms with Gasteiger partial charge in [0.15, 0.2) is 0 Å². The van der Waals surface area contributed by atoms with Crippen molar-refractivity contribution in [1.29, 1.82) is 0 Å². The van der Waals surface area contributed by atoms with E-state index in [1.54, 1.807) is 6.08 Å². The van der Waals surface area contributed by atoms with Crippen molar-refractivity contribution < 1.29 is 0 Å². The molecule has 1 heteroatoms. The Balaban J connectivity index is 5.34. The van der Waals surface area contributed by atoms with Crippen molar-refractivity contribution in [2.45, 2.75) is 27.2 Å². The largest absolute Gasteiger partial charge is 0.265 e. The van der Waals surface area contributed by atoms with Crippen LogP contribution in [0.1, 0.15) is 27.2 Å². The van der Waals surface area contributed by atoms with Gasteiger partial charge in [-0.3, -0.25) is 4.99 Å². The van der Waals surface area contributed by atoms with Crippen molar-refractivity contribution in [3.8, 4) is 0 Å². The molecule has 96 valence electrons. The maximum atomic E-state index is 3.99. The number of hydrogen-bond donors (Lipinski definition) is 0. The van der Waals surface area contributed by atoms with Gasteiger partial charge < -0.3 is 0 Å². The fraction of sp³-hybridized carbons (Fsp3) is 0.235. The summed E-state index contributed by atoms with van der Waals surface area (Å²) < 4.78 is 0. The molecule has 0 amide bonds. The van der Waals surface area contributed by atoms with Crippen LogP contribution in [0.2, 0.25) is 0 Å². The van der Waals surface area contributed by atoms with Crippen molar-refractivity contribution in [3.63, 3.8) is 0 Å². The van der Waals surface area contributed by atoms with Crippen LogP contribution in [0.15, 0.2) is 77.0 Å². The molecule has 0 aliphatic carbocycles. The molecule has 0 radical (unpaired) electrons. The highest BCUT2D eigenvalue weighted by Crippen LogP contribution is 2.16. The van der Waals surface area contributed by atoms with Crippen LogP contribution in [0.25, 0.3) is 0 Å². The molecule has 0 N–H and O–H groups in total. The Kier molecular flexibility index (Phi) is 7.37. The predicted molar refractivity (Wildman–Crippen MR) is 83.9 cm³/mol. The Morgan fingerprint density at radius 3 is 2.22 bits per heavy atom. The molecular weight excluding hydrogens is 218 g/mol. The quantitative estimate of drug-likeness (QED) is 0.430. The second-order valence-electron chi connectivity index (χ2n) is 4.15. The van der Waals surface area contributed by atoms with Gasteiger partial charge in [0.25, 0.3) is 0 Å². The maximum Gasteiger partial charge on any atom is 0.0579 e. The molecule has 0 aliphatic rings. The average molecular weight is 241 g/mol. The van der Waals surface area contributed by atoms with E-state index in [4.69, 9.17) is 0 Å². The van der Waals surface area contributed by atoms with Crippen molar-refractivity contribution in [3.05, 3.63) is 72.0 Å². The van der Waals surface area contributed by atoms with E-state index in [0.29, 0.717) is 5.70 Å². The van der Waals surface area contributed by atoms with E-state index in [1.165, 1.54) is 5.57 Å². The third kappa shape index (κ3) is 5.44. The summed E-state index contributed by atoms with van der Waals surface area (Å²) in [6.07, 6.45) is 8.88. The lowest BCUT2D eigenvalue weighted by molar-refractivity contribution is 1.09. The van der Waals surface area contributed by atoms with Crippen LogP contribution in [-0.4, -0.2) is 6.72 Å². The summed E-state index contributed by atoms with van der Waals surface area (Å²) in [5.74, 6) is 0. The van der Waals surface area contributed by atoms with Crippen molar-refractivity contribution >= 4 is 6.72 Å².